The van der Waals surface area contributed by atoms with Crippen LogP contribution >= 0.6 is 0 Å². The maximum atomic E-state index is 10.6. The quantitative estimate of drug-likeness (QED) is 0.755. The van der Waals surface area contributed by atoms with Gasteiger partial charge in [-0.3, -0.25) is 0 Å². The minimum absolute atomic E-state index is 0.472. The molecule has 1 fully saturated rings. The third-order valence-electron chi connectivity index (χ3n) is 4.03. The fourth-order valence-electron chi connectivity index (χ4n) is 2.48. The lowest BCUT2D eigenvalue weighted by atomic mass is 9.79. The second-order valence-electron chi connectivity index (χ2n) is 6.19. The number of hydrogen-bond acceptors (Lipinski definition) is 7. The molecule has 1 heterocycles. The van der Waals surface area contributed by atoms with Crippen LogP contribution in [0, 0.1) is 5.92 Å². The molecule has 1 saturated carbocycles. The van der Waals surface area contributed by atoms with E-state index < -0.39 is 5.60 Å². The van der Waals surface area contributed by atoms with E-state index >= 15 is 0 Å². The van der Waals surface area contributed by atoms with Gasteiger partial charge in [-0.25, -0.2) is 0 Å². The summed E-state index contributed by atoms with van der Waals surface area (Å²) in [5.41, 5.74) is -0.656. The molecule has 7 nitrogen and oxygen atoms in total. The molecule has 1 aromatic rings. The van der Waals surface area contributed by atoms with Crippen molar-refractivity contribution >= 4 is 17.8 Å². The molecule has 1 aliphatic carbocycles. The summed E-state index contributed by atoms with van der Waals surface area (Å²) in [6, 6.07) is 0. The van der Waals surface area contributed by atoms with E-state index in [1.165, 1.54) is 0 Å². The number of nitrogens with one attached hydrogen (secondary N) is 2. The predicted molar refractivity (Wildman–Crippen MR) is 84.8 cm³/mol. The van der Waals surface area contributed by atoms with Crippen LogP contribution in [0.2, 0.25) is 0 Å². The van der Waals surface area contributed by atoms with E-state index in [0.717, 1.165) is 25.7 Å². The van der Waals surface area contributed by atoms with E-state index in [1.807, 2.05) is 19.0 Å². The van der Waals surface area contributed by atoms with E-state index in [4.69, 9.17) is 0 Å². The van der Waals surface area contributed by atoms with Crippen LogP contribution in [-0.4, -0.2) is 53.3 Å². The van der Waals surface area contributed by atoms with E-state index in [0.29, 0.717) is 30.3 Å². The molecule has 7 heteroatoms. The van der Waals surface area contributed by atoms with Gasteiger partial charge >= 0.3 is 0 Å². The van der Waals surface area contributed by atoms with Crippen molar-refractivity contribution in [2.45, 2.75) is 38.2 Å². The Bertz CT molecular complexity index is 471. The van der Waals surface area contributed by atoms with Crippen LogP contribution in [0.5, 0.6) is 0 Å². The van der Waals surface area contributed by atoms with Crippen molar-refractivity contribution in [3.63, 3.8) is 0 Å². The van der Waals surface area contributed by atoms with Crippen molar-refractivity contribution in [2.75, 3.05) is 43.2 Å². The van der Waals surface area contributed by atoms with Crippen molar-refractivity contribution in [3.8, 4) is 0 Å². The van der Waals surface area contributed by atoms with Gasteiger partial charge in [0.25, 0.3) is 0 Å². The molecule has 118 valence electrons. The molecule has 2 rings (SSSR count). The zero-order chi connectivity index (χ0) is 15.5. The Kier molecular flexibility index (Phi) is 4.82. The lowest BCUT2D eigenvalue weighted by Crippen LogP contribution is -2.40. The number of nitrogens with zero attached hydrogens (tertiary/aromatic N) is 4. The molecule has 0 saturated heterocycles. The molecule has 1 aromatic heterocycles. The first-order chi connectivity index (χ1) is 9.92. The molecule has 0 bridgehead atoms. The minimum atomic E-state index is -0.656. The smallest absolute Gasteiger partial charge is 0.231 e. The summed E-state index contributed by atoms with van der Waals surface area (Å²) in [6.45, 7) is 2.71. The normalized spacial score (nSPS) is 25.5. The lowest BCUT2D eigenvalue weighted by Gasteiger charge is -2.34. The Morgan fingerprint density at radius 1 is 1.19 bits per heavy atom. The Labute approximate surface area is 126 Å². The zero-order valence-electron chi connectivity index (χ0n) is 13.3. The molecule has 0 aromatic carbocycles. The van der Waals surface area contributed by atoms with E-state index in [1.54, 1.807) is 7.05 Å². The monoisotopic (exact) mass is 294 g/mol. The Morgan fingerprint density at radius 3 is 2.38 bits per heavy atom. The van der Waals surface area contributed by atoms with Crippen LogP contribution in [0.4, 0.5) is 17.8 Å². The Morgan fingerprint density at radius 2 is 1.81 bits per heavy atom. The second-order valence-corrected chi connectivity index (χ2v) is 6.19. The van der Waals surface area contributed by atoms with Gasteiger partial charge in [0, 0.05) is 27.7 Å². The summed E-state index contributed by atoms with van der Waals surface area (Å²) in [7, 11) is 5.54. The van der Waals surface area contributed by atoms with Crippen molar-refractivity contribution in [1.29, 1.82) is 0 Å². The summed E-state index contributed by atoms with van der Waals surface area (Å²) in [5.74, 6) is 2.30. The summed E-state index contributed by atoms with van der Waals surface area (Å²) in [6.07, 6.45) is 3.79. The van der Waals surface area contributed by atoms with E-state index in [9.17, 15) is 5.11 Å². The van der Waals surface area contributed by atoms with E-state index in [-0.39, 0.29) is 0 Å². The highest BCUT2D eigenvalue weighted by Gasteiger charge is 2.31. The average molecular weight is 294 g/mol. The molecular weight excluding hydrogens is 268 g/mol. The molecule has 0 amide bonds. The Hall–Kier alpha value is -1.63. The van der Waals surface area contributed by atoms with Crippen LogP contribution in [0.1, 0.15) is 32.6 Å². The fraction of sp³-hybridized carbons (Fsp3) is 0.786. The van der Waals surface area contributed by atoms with Gasteiger partial charge in [0.15, 0.2) is 0 Å². The van der Waals surface area contributed by atoms with Gasteiger partial charge < -0.3 is 20.6 Å². The van der Waals surface area contributed by atoms with Gasteiger partial charge in [0.05, 0.1) is 5.60 Å². The van der Waals surface area contributed by atoms with Gasteiger partial charge in [0.1, 0.15) is 0 Å². The molecule has 0 spiro atoms. The zero-order valence-corrected chi connectivity index (χ0v) is 13.3. The molecule has 0 radical (unpaired) electrons. The highest BCUT2D eigenvalue weighted by molar-refractivity contribution is 5.42. The molecular formula is C14H26N6O. The van der Waals surface area contributed by atoms with Crippen molar-refractivity contribution in [1.82, 2.24) is 15.0 Å². The molecule has 0 unspecified atom stereocenters. The number of aliphatic hydroxyl groups is 1. The molecule has 0 atom stereocenters. The number of hydrogen-bond donors (Lipinski definition) is 3. The van der Waals surface area contributed by atoms with Gasteiger partial charge in [-0.1, -0.05) is 6.92 Å². The summed E-state index contributed by atoms with van der Waals surface area (Å²) in [5, 5.41) is 16.7. The lowest BCUT2D eigenvalue weighted by molar-refractivity contribution is 0.00487. The second kappa shape index (κ2) is 6.43. The fourth-order valence-corrected chi connectivity index (χ4v) is 2.48. The van der Waals surface area contributed by atoms with Crippen LogP contribution in [0.25, 0.3) is 0 Å². The predicted octanol–water partition coefficient (Wildman–Crippen LogP) is 1.33. The van der Waals surface area contributed by atoms with E-state index in [2.05, 4.69) is 32.5 Å². The summed E-state index contributed by atoms with van der Waals surface area (Å²) in [4.78, 5) is 14.7. The number of aromatic nitrogens is 3. The third-order valence-corrected chi connectivity index (χ3v) is 4.03. The SMILES string of the molecule is CNc1nc(NCC2(O)CCC(C)CC2)nc(N(C)C)n1. The molecule has 21 heavy (non-hydrogen) atoms. The molecule has 0 aliphatic heterocycles. The first kappa shape index (κ1) is 15.8. The standard InChI is InChI=1S/C14H26N6O/c1-10-5-7-14(21,8-6-10)9-16-12-17-11(15-2)18-13(19-12)20(3)4/h10,21H,5-9H2,1-4H3,(H2,15,16,17,18,19). The summed E-state index contributed by atoms with van der Waals surface area (Å²) < 4.78 is 0. The first-order valence-electron chi connectivity index (χ1n) is 7.49. The van der Waals surface area contributed by atoms with Crippen LogP contribution in [0.15, 0.2) is 0 Å². The maximum absolute atomic E-state index is 10.6. The van der Waals surface area contributed by atoms with Crippen LogP contribution in [-0.2, 0) is 0 Å². The topological polar surface area (TPSA) is 86.2 Å². The van der Waals surface area contributed by atoms with Crippen molar-refractivity contribution < 1.29 is 5.11 Å². The largest absolute Gasteiger partial charge is 0.388 e. The Balaban J connectivity index is 2.04. The number of rotatable bonds is 5. The van der Waals surface area contributed by atoms with Gasteiger partial charge in [-0.15, -0.1) is 0 Å². The highest BCUT2D eigenvalue weighted by Crippen LogP contribution is 2.31. The number of anilines is 3. The first-order valence-corrected chi connectivity index (χ1v) is 7.49. The minimum Gasteiger partial charge on any atom is -0.388 e. The van der Waals surface area contributed by atoms with Gasteiger partial charge in [0.2, 0.25) is 17.8 Å². The van der Waals surface area contributed by atoms with Gasteiger partial charge in [-0.05, 0) is 31.6 Å². The van der Waals surface area contributed by atoms with Crippen LogP contribution in [0.3, 0.4) is 0 Å². The maximum Gasteiger partial charge on any atom is 0.231 e. The third kappa shape index (κ3) is 4.17. The van der Waals surface area contributed by atoms with Crippen molar-refractivity contribution in [2.24, 2.45) is 5.92 Å². The van der Waals surface area contributed by atoms with Crippen molar-refractivity contribution in [3.05, 3.63) is 0 Å². The summed E-state index contributed by atoms with van der Waals surface area (Å²) >= 11 is 0. The average Bonchev–Trinajstić information content (AvgIpc) is 2.48. The molecule has 3 N–H and O–H groups in total. The van der Waals surface area contributed by atoms with Crippen LogP contribution < -0.4 is 15.5 Å². The van der Waals surface area contributed by atoms with Gasteiger partial charge in [-0.2, -0.15) is 15.0 Å². The molecule has 1 aliphatic rings. The highest BCUT2D eigenvalue weighted by atomic mass is 16.3.